The van der Waals surface area contributed by atoms with Gasteiger partial charge in [-0.3, -0.25) is 9.69 Å². The molecule has 0 aliphatic carbocycles. The summed E-state index contributed by atoms with van der Waals surface area (Å²) in [6.45, 7) is 7.46. The molecule has 4 heteroatoms. The summed E-state index contributed by atoms with van der Waals surface area (Å²) in [5, 5.41) is 0.685. The van der Waals surface area contributed by atoms with E-state index in [1.165, 1.54) is 0 Å². The predicted octanol–water partition coefficient (Wildman–Crippen LogP) is 1.67. The Balaban J connectivity index is 1.72. The van der Waals surface area contributed by atoms with Gasteiger partial charge in [-0.25, -0.2) is 0 Å². The summed E-state index contributed by atoms with van der Waals surface area (Å²) in [7, 11) is 0. The number of ketones is 1. The van der Waals surface area contributed by atoms with Crippen molar-refractivity contribution < 1.29 is 9.28 Å². The molecule has 0 amide bonds. The Labute approximate surface area is 113 Å². The monoisotopic (exact) mass is 265 g/mol. The highest BCUT2D eigenvalue weighted by Crippen LogP contribution is 2.20. The van der Waals surface area contributed by atoms with Crippen LogP contribution in [0.15, 0.2) is 24.3 Å². The Kier molecular flexibility index (Phi) is 3.14. The van der Waals surface area contributed by atoms with Crippen molar-refractivity contribution in [3.05, 3.63) is 34.9 Å². The molecule has 0 unspecified atom stereocenters. The Hall–Kier alpha value is -0.900. The second kappa shape index (κ2) is 4.65. The second-order valence-corrected chi connectivity index (χ2v) is 5.88. The smallest absolute Gasteiger partial charge is 0.216 e. The number of rotatable bonds is 3. The van der Waals surface area contributed by atoms with E-state index in [2.05, 4.69) is 4.90 Å². The topological polar surface area (TPSA) is 20.3 Å². The third-order valence-electron chi connectivity index (χ3n) is 4.32. The summed E-state index contributed by atoms with van der Waals surface area (Å²) >= 11 is 5.85. The molecule has 18 heavy (non-hydrogen) atoms. The van der Waals surface area contributed by atoms with E-state index >= 15 is 0 Å². The highest BCUT2D eigenvalue weighted by atomic mass is 35.5. The Morgan fingerprint density at radius 2 is 1.67 bits per heavy atom. The lowest BCUT2D eigenvalue weighted by Crippen LogP contribution is -2.68. The maximum Gasteiger partial charge on any atom is 0.216 e. The molecule has 0 radical (unpaired) electrons. The molecule has 3 aliphatic rings. The lowest BCUT2D eigenvalue weighted by Gasteiger charge is -2.50. The van der Waals surface area contributed by atoms with Gasteiger partial charge in [0.25, 0.3) is 0 Å². The number of Topliss-reactive ketones (excluding diaryl/α,β-unsaturated/α-hetero) is 1. The van der Waals surface area contributed by atoms with Crippen LogP contribution in [0.1, 0.15) is 10.4 Å². The van der Waals surface area contributed by atoms with Crippen LogP contribution in [0.2, 0.25) is 5.02 Å². The highest BCUT2D eigenvalue weighted by molar-refractivity contribution is 6.30. The van der Waals surface area contributed by atoms with Gasteiger partial charge in [0, 0.05) is 30.2 Å². The van der Waals surface area contributed by atoms with Crippen LogP contribution in [0.4, 0.5) is 0 Å². The maximum absolute atomic E-state index is 12.3. The first-order valence-electron chi connectivity index (χ1n) is 6.53. The zero-order valence-corrected chi connectivity index (χ0v) is 11.2. The van der Waals surface area contributed by atoms with Gasteiger partial charge >= 0.3 is 0 Å². The molecule has 0 atom stereocenters. The number of hydrogen-bond donors (Lipinski definition) is 0. The van der Waals surface area contributed by atoms with Gasteiger partial charge in [-0.05, 0) is 24.3 Å². The Bertz CT molecular complexity index is 436. The summed E-state index contributed by atoms with van der Waals surface area (Å²) in [5.41, 5.74) is 0.792. The molecule has 2 bridgehead atoms. The number of quaternary nitrogens is 1. The fraction of sp³-hybridized carbons (Fsp3) is 0.500. The van der Waals surface area contributed by atoms with E-state index in [4.69, 9.17) is 11.6 Å². The van der Waals surface area contributed by atoms with Crippen LogP contribution in [0, 0.1) is 0 Å². The van der Waals surface area contributed by atoms with Crippen molar-refractivity contribution in [2.75, 3.05) is 45.8 Å². The molecule has 1 aromatic carbocycles. The van der Waals surface area contributed by atoms with E-state index in [0.29, 0.717) is 11.6 Å². The van der Waals surface area contributed by atoms with Crippen LogP contribution >= 0.6 is 11.6 Å². The van der Waals surface area contributed by atoms with Crippen LogP contribution in [0.25, 0.3) is 0 Å². The van der Waals surface area contributed by atoms with Crippen LogP contribution in [-0.4, -0.2) is 61.0 Å². The molecule has 96 valence electrons. The zero-order valence-electron chi connectivity index (χ0n) is 10.4. The van der Waals surface area contributed by atoms with Gasteiger partial charge in [0.1, 0.15) is 6.54 Å². The van der Waals surface area contributed by atoms with Crippen LogP contribution in [0.5, 0.6) is 0 Å². The molecule has 3 aliphatic heterocycles. The van der Waals surface area contributed by atoms with Crippen molar-refractivity contribution in [3.63, 3.8) is 0 Å². The molecule has 0 saturated carbocycles. The predicted molar refractivity (Wildman–Crippen MR) is 72.0 cm³/mol. The molecule has 3 heterocycles. The molecule has 3 saturated heterocycles. The fourth-order valence-corrected chi connectivity index (χ4v) is 3.13. The molecule has 0 spiro atoms. The molecule has 3 nitrogen and oxygen atoms in total. The SMILES string of the molecule is O=C(C[N+]12CCN(CC1)CC2)c1ccc(Cl)cc1. The molecule has 0 N–H and O–H groups in total. The summed E-state index contributed by atoms with van der Waals surface area (Å²) in [5.74, 6) is 0.252. The molecule has 4 rings (SSSR count). The Morgan fingerprint density at radius 3 is 2.22 bits per heavy atom. The molecule has 0 aromatic heterocycles. The van der Waals surface area contributed by atoms with Crippen molar-refractivity contribution in [2.45, 2.75) is 0 Å². The van der Waals surface area contributed by atoms with Gasteiger partial charge in [0.05, 0.1) is 19.6 Å². The third kappa shape index (κ3) is 2.30. The fourth-order valence-electron chi connectivity index (χ4n) is 3.00. The number of nitrogens with zero attached hydrogens (tertiary/aromatic N) is 2. The lowest BCUT2D eigenvalue weighted by atomic mass is 10.1. The van der Waals surface area contributed by atoms with Gasteiger partial charge in [0.2, 0.25) is 5.78 Å². The average molecular weight is 266 g/mol. The zero-order chi connectivity index (χ0) is 12.6. The van der Waals surface area contributed by atoms with E-state index in [1.807, 2.05) is 12.1 Å². The van der Waals surface area contributed by atoms with E-state index in [0.717, 1.165) is 49.3 Å². The minimum atomic E-state index is 0.252. The number of fused-ring (bicyclic) bond motifs is 3. The minimum Gasteiger partial charge on any atom is -0.314 e. The van der Waals surface area contributed by atoms with Crippen molar-refractivity contribution in [1.82, 2.24) is 4.90 Å². The lowest BCUT2D eigenvalue weighted by molar-refractivity contribution is -0.933. The number of hydrogen-bond acceptors (Lipinski definition) is 2. The number of benzene rings is 1. The number of halogens is 1. The van der Waals surface area contributed by atoms with E-state index in [1.54, 1.807) is 12.1 Å². The van der Waals surface area contributed by atoms with E-state index in [-0.39, 0.29) is 5.78 Å². The quantitative estimate of drug-likeness (QED) is 0.612. The highest BCUT2D eigenvalue weighted by Gasteiger charge is 2.39. The Morgan fingerprint density at radius 1 is 1.11 bits per heavy atom. The van der Waals surface area contributed by atoms with E-state index < -0.39 is 0 Å². The van der Waals surface area contributed by atoms with Crippen LogP contribution in [0.3, 0.4) is 0 Å². The number of piperazine rings is 3. The van der Waals surface area contributed by atoms with Crippen molar-refractivity contribution in [2.24, 2.45) is 0 Å². The van der Waals surface area contributed by atoms with Crippen LogP contribution < -0.4 is 0 Å². The molecular weight excluding hydrogens is 248 g/mol. The van der Waals surface area contributed by atoms with Gasteiger partial charge in [-0.15, -0.1) is 0 Å². The van der Waals surface area contributed by atoms with E-state index in [9.17, 15) is 4.79 Å². The standard InChI is InChI=1S/C14H18ClN2O/c15-13-3-1-12(2-4-13)14(18)11-17-8-5-16(6-9-17)7-10-17/h1-4H,5-11H2/q+1. The average Bonchev–Trinajstić information content (AvgIpc) is 2.41. The summed E-state index contributed by atoms with van der Waals surface area (Å²) in [6.07, 6.45) is 0. The number of carbonyl (C=O) groups is 1. The summed E-state index contributed by atoms with van der Waals surface area (Å²) in [4.78, 5) is 14.8. The van der Waals surface area contributed by atoms with Gasteiger partial charge < -0.3 is 4.48 Å². The maximum atomic E-state index is 12.3. The minimum absolute atomic E-state index is 0.252. The van der Waals surface area contributed by atoms with Gasteiger partial charge in [-0.2, -0.15) is 0 Å². The summed E-state index contributed by atoms with van der Waals surface area (Å²) < 4.78 is 0.984. The van der Waals surface area contributed by atoms with Crippen molar-refractivity contribution in [1.29, 1.82) is 0 Å². The van der Waals surface area contributed by atoms with Crippen molar-refractivity contribution >= 4 is 17.4 Å². The molecule has 3 fully saturated rings. The largest absolute Gasteiger partial charge is 0.314 e. The first-order valence-corrected chi connectivity index (χ1v) is 6.91. The second-order valence-electron chi connectivity index (χ2n) is 5.44. The third-order valence-corrected chi connectivity index (χ3v) is 4.57. The van der Waals surface area contributed by atoms with Gasteiger partial charge in [-0.1, -0.05) is 11.6 Å². The normalized spacial score (nSPS) is 30.4. The first-order chi connectivity index (χ1) is 8.67. The summed E-state index contributed by atoms with van der Waals surface area (Å²) in [6, 6.07) is 7.26. The number of carbonyl (C=O) groups excluding carboxylic acids is 1. The molecule has 1 aromatic rings. The van der Waals surface area contributed by atoms with Gasteiger partial charge in [0.15, 0.2) is 0 Å². The van der Waals surface area contributed by atoms with Crippen LogP contribution in [-0.2, 0) is 0 Å². The first kappa shape index (κ1) is 12.2. The molecular formula is C14H18ClN2O+. The van der Waals surface area contributed by atoms with Crippen molar-refractivity contribution in [3.8, 4) is 0 Å².